The summed E-state index contributed by atoms with van der Waals surface area (Å²) in [7, 11) is 0. The number of ether oxygens (including phenoxy) is 1. The number of rotatable bonds is 11. The SMILES string of the molecule is Cc1ccccc1NC(=O)Nc1ccc(C[C@@H](CO)NC[C@H](O)COc2ccccc2)cc1.O=C(O)C(F)(F)F. The minimum absolute atomic E-state index is 0.0644. The Kier molecular flexibility index (Phi) is 12.9. The number of anilines is 2. The highest BCUT2D eigenvalue weighted by atomic mass is 19.4. The zero-order valence-electron chi connectivity index (χ0n) is 21.7. The van der Waals surface area contributed by atoms with Crippen LogP contribution in [0.1, 0.15) is 11.1 Å². The fourth-order valence-corrected chi connectivity index (χ4v) is 3.28. The van der Waals surface area contributed by atoms with Gasteiger partial charge in [0.1, 0.15) is 18.5 Å². The maximum Gasteiger partial charge on any atom is 0.490 e. The number of hydrogen-bond acceptors (Lipinski definition) is 6. The van der Waals surface area contributed by atoms with Crippen molar-refractivity contribution >= 4 is 23.4 Å². The zero-order valence-corrected chi connectivity index (χ0v) is 21.7. The lowest BCUT2D eigenvalue weighted by Gasteiger charge is -2.19. The first-order chi connectivity index (χ1) is 19.0. The summed E-state index contributed by atoms with van der Waals surface area (Å²) >= 11 is 0. The predicted octanol–water partition coefficient (Wildman–Crippen LogP) is 4.21. The van der Waals surface area contributed by atoms with Crippen molar-refractivity contribution in [2.45, 2.75) is 31.7 Å². The molecule has 0 aliphatic rings. The van der Waals surface area contributed by atoms with Crippen LogP contribution in [0, 0.1) is 6.92 Å². The van der Waals surface area contributed by atoms with E-state index in [2.05, 4.69) is 16.0 Å². The molecule has 0 radical (unpaired) electrons. The van der Waals surface area contributed by atoms with Crippen LogP contribution >= 0.6 is 0 Å². The van der Waals surface area contributed by atoms with E-state index >= 15 is 0 Å². The first-order valence-corrected chi connectivity index (χ1v) is 12.2. The van der Waals surface area contributed by atoms with Crippen molar-refractivity contribution in [3.8, 4) is 5.75 Å². The Balaban J connectivity index is 0.000000708. The van der Waals surface area contributed by atoms with Crippen molar-refractivity contribution in [1.82, 2.24) is 5.32 Å². The van der Waals surface area contributed by atoms with Gasteiger partial charge in [0.05, 0.1) is 6.61 Å². The molecule has 3 aromatic carbocycles. The lowest BCUT2D eigenvalue weighted by atomic mass is 10.1. The van der Waals surface area contributed by atoms with Gasteiger partial charge in [-0.3, -0.25) is 0 Å². The van der Waals surface area contributed by atoms with E-state index in [9.17, 15) is 28.2 Å². The highest BCUT2D eigenvalue weighted by Crippen LogP contribution is 2.16. The fourth-order valence-electron chi connectivity index (χ4n) is 3.28. The van der Waals surface area contributed by atoms with Crippen LogP contribution in [0.3, 0.4) is 0 Å². The number of urea groups is 1. The normalized spacial score (nSPS) is 12.3. The molecule has 0 bridgehead atoms. The molecule has 2 atom stereocenters. The molecule has 0 saturated carbocycles. The van der Waals surface area contributed by atoms with Crippen molar-refractivity contribution in [2.24, 2.45) is 0 Å². The average molecular weight is 564 g/mol. The number of halogens is 3. The Morgan fingerprint density at radius 2 is 1.52 bits per heavy atom. The van der Waals surface area contributed by atoms with E-state index in [1.165, 1.54) is 0 Å². The predicted molar refractivity (Wildman–Crippen MR) is 144 cm³/mol. The summed E-state index contributed by atoms with van der Waals surface area (Å²) in [6.07, 6.45) is -5.20. The van der Waals surface area contributed by atoms with Crippen LogP contribution in [0.5, 0.6) is 5.75 Å². The second-order valence-corrected chi connectivity index (χ2v) is 8.66. The Morgan fingerprint density at radius 3 is 2.10 bits per heavy atom. The second-order valence-electron chi connectivity index (χ2n) is 8.66. The minimum Gasteiger partial charge on any atom is -0.491 e. The lowest BCUT2D eigenvalue weighted by Crippen LogP contribution is -2.41. The number of aliphatic hydroxyl groups excluding tert-OH is 2. The molecule has 0 unspecified atom stereocenters. The molecule has 3 rings (SSSR count). The van der Waals surface area contributed by atoms with E-state index in [-0.39, 0.29) is 25.3 Å². The van der Waals surface area contributed by atoms with Crippen molar-refractivity contribution in [2.75, 3.05) is 30.4 Å². The van der Waals surface area contributed by atoms with Gasteiger partial charge in [-0.05, 0) is 54.8 Å². The molecule has 0 aromatic heterocycles. The summed E-state index contributed by atoms with van der Waals surface area (Å²) in [5.74, 6) is -2.05. The minimum atomic E-state index is -5.08. The van der Waals surface area contributed by atoms with Crippen LogP contribution in [0.25, 0.3) is 0 Å². The van der Waals surface area contributed by atoms with Gasteiger partial charge in [-0.15, -0.1) is 0 Å². The molecule has 0 saturated heterocycles. The highest BCUT2D eigenvalue weighted by molar-refractivity contribution is 6.00. The summed E-state index contributed by atoms with van der Waals surface area (Å²) in [5, 5.41) is 35.8. The Morgan fingerprint density at radius 1 is 0.925 bits per heavy atom. The van der Waals surface area contributed by atoms with Crippen LogP contribution in [0.2, 0.25) is 0 Å². The molecule has 3 aromatic rings. The topological polar surface area (TPSA) is 140 Å². The third kappa shape index (κ3) is 12.2. The van der Waals surface area contributed by atoms with Crippen LogP contribution < -0.4 is 20.7 Å². The van der Waals surface area contributed by atoms with Gasteiger partial charge in [-0.2, -0.15) is 13.2 Å². The Bertz CT molecular complexity index is 1190. The van der Waals surface area contributed by atoms with Gasteiger partial charge < -0.3 is 36.0 Å². The number of hydrogen-bond donors (Lipinski definition) is 6. The van der Waals surface area contributed by atoms with E-state index in [1.807, 2.05) is 85.8 Å². The maximum atomic E-state index is 12.2. The van der Waals surface area contributed by atoms with Crippen LogP contribution in [-0.2, 0) is 11.2 Å². The molecule has 0 aliphatic heterocycles. The molecule has 216 valence electrons. The number of aliphatic hydroxyl groups is 2. The molecule has 12 heteroatoms. The van der Waals surface area contributed by atoms with E-state index in [0.29, 0.717) is 24.4 Å². The fraction of sp³-hybridized carbons (Fsp3) is 0.286. The van der Waals surface area contributed by atoms with Crippen molar-refractivity contribution < 1.29 is 42.8 Å². The van der Waals surface area contributed by atoms with Gasteiger partial charge >= 0.3 is 18.2 Å². The van der Waals surface area contributed by atoms with Gasteiger partial charge in [-0.25, -0.2) is 9.59 Å². The molecule has 40 heavy (non-hydrogen) atoms. The van der Waals surface area contributed by atoms with Gasteiger partial charge in [0, 0.05) is 24.0 Å². The quantitative estimate of drug-likeness (QED) is 0.205. The number of alkyl halides is 3. The summed E-state index contributed by atoms with van der Waals surface area (Å²) in [6.45, 7) is 2.34. The standard InChI is InChI=1S/C26H31N3O4.C2HF3O2/c1-19-7-5-6-10-25(19)29-26(32)28-21-13-11-20(12-14-21)15-22(17-30)27-16-23(31)18-33-24-8-3-2-4-9-24;3-2(4,5)1(6)7/h2-14,22-23,27,30-31H,15-18H2,1H3,(H2,28,29,32);(H,6,7)/t22-,23-;/m0./s1. The summed E-state index contributed by atoms with van der Waals surface area (Å²) < 4.78 is 37.3. The first-order valence-electron chi connectivity index (χ1n) is 12.2. The van der Waals surface area contributed by atoms with E-state index in [0.717, 1.165) is 16.8 Å². The number of carbonyl (C=O) groups excluding carboxylic acids is 1. The monoisotopic (exact) mass is 563 g/mol. The molecule has 0 fully saturated rings. The van der Waals surface area contributed by atoms with Gasteiger partial charge in [0.15, 0.2) is 0 Å². The van der Waals surface area contributed by atoms with Crippen LogP contribution in [0.15, 0.2) is 78.9 Å². The van der Waals surface area contributed by atoms with Crippen LogP contribution in [-0.4, -0.2) is 65.4 Å². The number of benzene rings is 3. The third-order valence-electron chi connectivity index (χ3n) is 5.38. The number of amides is 2. The summed E-state index contributed by atoms with van der Waals surface area (Å²) in [6, 6.07) is 23.8. The van der Waals surface area contributed by atoms with E-state index in [4.69, 9.17) is 14.6 Å². The first kappa shape index (κ1) is 32.1. The number of carbonyl (C=O) groups is 2. The second kappa shape index (κ2) is 16.1. The molecule has 0 aliphatic carbocycles. The van der Waals surface area contributed by atoms with Crippen molar-refractivity contribution in [3.05, 3.63) is 90.0 Å². The lowest BCUT2D eigenvalue weighted by molar-refractivity contribution is -0.192. The molecular weight excluding hydrogens is 531 g/mol. The molecule has 9 nitrogen and oxygen atoms in total. The summed E-state index contributed by atoms with van der Waals surface area (Å²) in [5.41, 5.74) is 3.43. The van der Waals surface area contributed by atoms with Gasteiger partial charge in [-0.1, -0.05) is 48.5 Å². The largest absolute Gasteiger partial charge is 0.491 e. The van der Waals surface area contributed by atoms with Gasteiger partial charge in [0.2, 0.25) is 0 Å². The van der Waals surface area contributed by atoms with Crippen molar-refractivity contribution in [3.63, 3.8) is 0 Å². The maximum absolute atomic E-state index is 12.2. The molecular formula is C28H32F3N3O6. The zero-order chi connectivity index (χ0) is 29.5. The van der Waals surface area contributed by atoms with Crippen molar-refractivity contribution in [1.29, 1.82) is 0 Å². The number of aliphatic carboxylic acids is 1. The van der Waals surface area contributed by atoms with Crippen LogP contribution in [0.4, 0.5) is 29.3 Å². The Labute approximate surface area is 229 Å². The number of aryl methyl sites for hydroxylation is 1. The molecule has 0 heterocycles. The smallest absolute Gasteiger partial charge is 0.490 e. The molecule has 2 amide bonds. The number of carboxylic acids is 1. The van der Waals surface area contributed by atoms with E-state index < -0.39 is 18.2 Å². The molecule has 0 spiro atoms. The number of nitrogens with one attached hydrogen (secondary N) is 3. The average Bonchev–Trinajstić information content (AvgIpc) is 2.92. The van der Waals surface area contributed by atoms with Gasteiger partial charge in [0.25, 0.3) is 0 Å². The summed E-state index contributed by atoms with van der Waals surface area (Å²) in [4.78, 5) is 21.1. The Hall–Kier alpha value is -4.13. The molecule has 6 N–H and O–H groups in total. The van der Waals surface area contributed by atoms with E-state index in [1.54, 1.807) is 0 Å². The number of para-hydroxylation sites is 2. The highest BCUT2D eigenvalue weighted by Gasteiger charge is 2.38. The number of carboxylic acid groups (broad SMARTS) is 1. The third-order valence-corrected chi connectivity index (χ3v) is 5.38.